The molecule has 0 radical (unpaired) electrons. The van der Waals surface area contributed by atoms with Crippen molar-refractivity contribution in [1.29, 1.82) is 0 Å². The molecule has 1 N–H and O–H groups in total. The van der Waals surface area contributed by atoms with Crippen LogP contribution in [0.2, 0.25) is 0 Å². The van der Waals surface area contributed by atoms with Gasteiger partial charge >= 0.3 is 0 Å². The van der Waals surface area contributed by atoms with Crippen molar-refractivity contribution in [2.75, 3.05) is 6.54 Å². The molecule has 0 aromatic heterocycles. The first kappa shape index (κ1) is 11.9. The van der Waals surface area contributed by atoms with Crippen LogP contribution in [0.4, 0.5) is 8.78 Å². The van der Waals surface area contributed by atoms with Crippen molar-refractivity contribution in [1.82, 2.24) is 5.32 Å². The van der Waals surface area contributed by atoms with Crippen LogP contribution in [0.5, 0.6) is 0 Å². The van der Waals surface area contributed by atoms with Crippen molar-refractivity contribution in [2.24, 2.45) is 0 Å². The molecule has 1 aromatic carbocycles. The topological polar surface area (TPSA) is 12.0 Å². The van der Waals surface area contributed by atoms with Crippen LogP contribution in [0.15, 0.2) is 36.4 Å². The summed E-state index contributed by atoms with van der Waals surface area (Å²) < 4.78 is 24.7. The van der Waals surface area contributed by atoms with Crippen molar-refractivity contribution in [3.63, 3.8) is 0 Å². The van der Waals surface area contributed by atoms with Crippen LogP contribution < -0.4 is 5.32 Å². The maximum Gasteiger partial charge on any atom is 0.263 e. The van der Waals surface area contributed by atoms with E-state index in [4.69, 9.17) is 0 Å². The molecule has 0 atom stereocenters. The van der Waals surface area contributed by atoms with E-state index in [1.165, 1.54) is 12.1 Å². The van der Waals surface area contributed by atoms with E-state index in [-0.39, 0.29) is 5.56 Å². The molecule has 0 aliphatic heterocycles. The molecule has 0 bridgehead atoms. The van der Waals surface area contributed by atoms with E-state index in [2.05, 4.69) is 11.9 Å². The molecular formula is C12H15F2N. The van der Waals surface area contributed by atoms with Crippen molar-refractivity contribution in [3.05, 3.63) is 47.5 Å². The minimum absolute atomic E-state index is 0.0737. The monoisotopic (exact) mass is 211 g/mol. The van der Waals surface area contributed by atoms with Gasteiger partial charge in [0.15, 0.2) is 0 Å². The van der Waals surface area contributed by atoms with Gasteiger partial charge in [0, 0.05) is 18.7 Å². The van der Waals surface area contributed by atoms with Crippen LogP contribution in [0.3, 0.4) is 0 Å². The van der Waals surface area contributed by atoms with Gasteiger partial charge in [-0.3, -0.25) is 0 Å². The Morgan fingerprint density at radius 1 is 1.47 bits per heavy atom. The van der Waals surface area contributed by atoms with Gasteiger partial charge in [-0.2, -0.15) is 0 Å². The SMILES string of the molecule is C=C(C)CNCc1cccc(C(F)F)c1. The third-order valence-corrected chi connectivity index (χ3v) is 1.96. The molecule has 1 nitrogen and oxygen atoms in total. The molecule has 82 valence electrons. The highest BCUT2D eigenvalue weighted by atomic mass is 19.3. The molecule has 1 aromatic rings. The molecular weight excluding hydrogens is 196 g/mol. The number of hydrogen-bond acceptors (Lipinski definition) is 1. The zero-order valence-electron chi connectivity index (χ0n) is 8.76. The largest absolute Gasteiger partial charge is 0.309 e. The second kappa shape index (κ2) is 5.61. The van der Waals surface area contributed by atoms with E-state index in [0.717, 1.165) is 11.1 Å². The minimum Gasteiger partial charge on any atom is -0.309 e. The smallest absolute Gasteiger partial charge is 0.263 e. The van der Waals surface area contributed by atoms with Gasteiger partial charge in [0.05, 0.1) is 0 Å². The Bertz CT molecular complexity index is 334. The predicted octanol–water partition coefficient (Wildman–Crippen LogP) is 3.29. The second-order valence-electron chi connectivity index (χ2n) is 3.61. The molecule has 3 heteroatoms. The molecule has 1 rings (SSSR count). The molecule has 0 fully saturated rings. The molecule has 0 spiro atoms. The van der Waals surface area contributed by atoms with Crippen molar-refractivity contribution in [2.45, 2.75) is 19.9 Å². The van der Waals surface area contributed by atoms with Gasteiger partial charge in [0.25, 0.3) is 6.43 Å². The Morgan fingerprint density at radius 3 is 2.80 bits per heavy atom. The fourth-order valence-electron chi connectivity index (χ4n) is 1.26. The maximum atomic E-state index is 12.4. The number of nitrogens with one attached hydrogen (secondary N) is 1. The third kappa shape index (κ3) is 4.21. The summed E-state index contributed by atoms with van der Waals surface area (Å²) >= 11 is 0. The summed E-state index contributed by atoms with van der Waals surface area (Å²) in [7, 11) is 0. The summed E-state index contributed by atoms with van der Waals surface area (Å²) in [5, 5.41) is 3.12. The minimum atomic E-state index is -2.40. The van der Waals surface area contributed by atoms with Crippen molar-refractivity contribution >= 4 is 0 Å². The molecule has 0 amide bonds. The van der Waals surface area contributed by atoms with Crippen LogP contribution in [0, 0.1) is 0 Å². The van der Waals surface area contributed by atoms with Crippen molar-refractivity contribution in [3.8, 4) is 0 Å². The van der Waals surface area contributed by atoms with Gasteiger partial charge in [-0.25, -0.2) is 8.78 Å². The highest BCUT2D eigenvalue weighted by Gasteiger charge is 2.06. The molecule has 15 heavy (non-hydrogen) atoms. The van der Waals surface area contributed by atoms with E-state index in [0.29, 0.717) is 13.1 Å². The first-order valence-electron chi connectivity index (χ1n) is 4.81. The number of hydrogen-bond donors (Lipinski definition) is 1. The Kier molecular flexibility index (Phi) is 4.43. The van der Waals surface area contributed by atoms with E-state index in [1.54, 1.807) is 6.07 Å². The van der Waals surface area contributed by atoms with E-state index >= 15 is 0 Å². The average Bonchev–Trinajstić information content (AvgIpc) is 2.17. The zero-order valence-corrected chi connectivity index (χ0v) is 8.76. The van der Waals surface area contributed by atoms with Gasteiger partial charge in [-0.15, -0.1) is 0 Å². The molecule has 0 saturated carbocycles. The lowest BCUT2D eigenvalue weighted by atomic mass is 10.1. The fourth-order valence-corrected chi connectivity index (χ4v) is 1.26. The Morgan fingerprint density at radius 2 is 2.20 bits per heavy atom. The Balaban J connectivity index is 2.54. The number of halogens is 2. The van der Waals surface area contributed by atoms with Crippen LogP contribution in [0.25, 0.3) is 0 Å². The van der Waals surface area contributed by atoms with Crippen LogP contribution in [-0.4, -0.2) is 6.54 Å². The van der Waals surface area contributed by atoms with Crippen LogP contribution in [-0.2, 0) is 6.54 Å². The van der Waals surface area contributed by atoms with Gasteiger partial charge in [0.2, 0.25) is 0 Å². The number of benzene rings is 1. The number of rotatable bonds is 5. The normalized spacial score (nSPS) is 10.7. The summed E-state index contributed by atoms with van der Waals surface area (Å²) in [5.74, 6) is 0. The summed E-state index contributed by atoms with van der Waals surface area (Å²) in [6.07, 6.45) is -2.40. The van der Waals surface area contributed by atoms with Gasteiger partial charge in [-0.05, 0) is 18.6 Å². The Hall–Kier alpha value is -1.22. The lowest BCUT2D eigenvalue weighted by Gasteiger charge is -2.06. The summed E-state index contributed by atoms with van der Waals surface area (Å²) in [6.45, 7) is 6.97. The Labute approximate surface area is 88.8 Å². The molecule has 0 heterocycles. The first-order valence-corrected chi connectivity index (χ1v) is 4.81. The average molecular weight is 211 g/mol. The quantitative estimate of drug-likeness (QED) is 0.737. The predicted molar refractivity (Wildman–Crippen MR) is 57.9 cm³/mol. The first-order chi connectivity index (χ1) is 7.09. The van der Waals surface area contributed by atoms with Gasteiger partial charge < -0.3 is 5.32 Å². The van der Waals surface area contributed by atoms with Gasteiger partial charge in [-0.1, -0.05) is 30.4 Å². The second-order valence-corrected chi connectivity index (χ2v) is 3.61. The standard InChI is InChI=1S/C12H15F2N/c1-9(2)7-15-8-10-4-3-5-11(6-10)12(13)14/h3-6,12,15H,1,7-8H2,2H3. The van der Waals surface area contributed by atoms with Gasteiger partial charge in [0.1, 0.15) is 0 Å². The highest BCUT2D eigenvalue weighted by molar-refractivity contribution is 5.24. The van der Waals surface area contributed by atoms with Crippen LogP contribution >= 0.6 is 0 Å². The summed E-state index contributed by atoms with van der Waals surface area (Å²) in [5.41, 5.74) is 1.97. The summed E-state index contributed by atoms with van der Waals surface area (Å²) in [6, 6.07) is 6.44. The molecule has 0 unspecified atom stereocenters. The number of alkyl halides is 2. The lowest BCUT2D eigenvalue weighted by Crippen LogP contribution is -2.15. The van der Waals surface area contributed by atoms with E-state index in [1.807, 2.05) is 13.0 Å². The van der Waals surface area contributed by atoms with E-state index in [9.17, 15) is 8.78 Å². The molecule has 0 saturated heterocycles. The fraction of sp³-hybridized carbons (Fsp3) is 0.333. The summed E-state index contributed by atoms with van der Waals surface area (Å²) in [4.78, 5) is 0. The zero-order chi connectivity index (χ0) is 11.3. The van der Waals surface area contributed by atoms with Crippen molar-refractivity contribution < 1.29 is 8.78 Å². The molecule has 0 aliphatic carbocycles. The lowest BCUT2D eigenvalue weighted by molar-refractivity contribution is 0.151. The third-order valence-electron chi connectivity index (χ3n) is 1.96. The highest BCUT2D eigenvalue weighted by Crippen LogP contribution is 2.19. The van der Waals surface area contributed by atoms with E-state index < -0.39 is 6.43 Å². The molecule has 0 aliphatic rings. The maximum absolute atomic E-state index is 12.4. The van der Waals surface area contributed by atoms with Crippen LogP contribution in [0.1, 0.15) is 24.5 Å².